The van der Waals surface area contributed by atoms with E-state index < -0.39 is 0 Å². The van der Waals surface area contributed by atoms with Gasteiger partial charge in [0.1, 0.15) is 47.1 Å². The van der Waals surface area contributed by atoms with Gasteiger partial charge in [-0.25, -0.2) is 0 Å². The Morgan fingerprint density at radius 1 is 0.611 bits per heavy atom. The molecule has 7 heteroatoms. The van der Waals surface area contributed by atoms with Crippen LogP contribution in [0, 0.1) is 0 Å². The maximum absolute atomic E-state index is 10.9. The molecule has 0 atom stereocenters. The van der Waals surface area contributed by atoms with E-state index >= 15 is 0 Å². The van der Waals surface area contributed by atoms with Crippen LogP contribution in [0.5, 0.6) is 34.5 Å². The third-order valence-corrected chi connectivity index (χ3v) is 4.70. The number of nitrogens with two attached hydrogens (primary N) is 1. The molecule has 0 fully saturated rings. The first-order chi connectivity index (χ1) is 17.6. The van der Waals surface area contributed by atoms with Gasteiger partial charge in [0.2, 0.25) is 0 Å². The Balaban J connectivity index is 0.00000115. The van der Waals surface area contributed by atoms with E-state index in [0.29, 0.717) is 45.6 Å². The number of rotatable bonds is 9. The number of benzene rings is 4. The molecule has 36 heavy (non-hydrogen) atoms. The van der Waals surface area contributed by atoms with Crippen LogP contribution in [-0.2, 0) is 6.61 Å². The van der Waals surface area contributed by atoms with Gasteiger partial charge in [-0.05, 0) is 72.8 Å². The van der Waals surface area contributed by atoms with Gasteiger partial charge < -0.3 is 25.1 Å². The minimum absolute atomic E-state index is 0.0482. The van der Waals surface area contributed by atoms with Crippen molar-refractivity contribution in [2.75, 3.05) is 6.54 Å². The molecule has 4 rings (SSSR count). The minimum Gasteiger partial charge on any atom is -0.457 e. The van der Waals surface area contributed by atoms with E-state index in [1.165, 1.54) is 0 Å². The van der Waals surface area contributed by atoms with E-state index in [9.17, 15) is 14.7 Å². The zero-order valence-corrected chi connectivity index (χ0v) is 19.8. The van der Waals surface area contributed by atoms with E-state index in [1.54, 1.807) is 91.0 Å². The highest BCUT2D eigenvalue weighted by molar-refractivity contribution is 5.75. The van der Waals surface area contributed by atoms with Crippen molar-refractivity contribution in [2.24, 2.45) is 5.73 Å². The number of hydrogen-bond acceptors (Lipinski definition) is 7. The van der Waals surface area contributed by atoms with Crippen LogP contribution in [0.1, 0.15) is 33.2 Å². The Morgan fingerprint density at radius 3 is 1.19 bits per heavy atom. The lowest BCUT2D eigenvalue weighted by molar-refractivity contribution is 0.111. The van der Waals surface area contributed by atoms with Gasteiger partial charge in [-0.15, -0.1) is 0 Å². The summed E-state index contributed by atoms with van der Waals surface area (Å²) < 4.78 is 17.9. The molecule has 0 unspecified atom stereocenters. The molecule has 0 saturated heterocycles. The molecule has 0 radical (unpaired) electrons. The second kappa shape index (κ2) is 13.4. The van der Waals surface area contributed by atoms with Crippen molar-refractivity contribution >= 4 is 12.6 Å². The second-order valence-electron chi connectivity index (χ2n) is 7.53. The fourth-order valence-electron chi connectivity index (χ4n) is 3.02. The normalized spacial score (nSPS) is 9.97. The second-order valence-corrected chi connectivity index (χ2v) is 7.53. The fraction of sp³-hybridized carbons (Fsp3) is 0.103. The summed E-state index contributed by atoms with van der Waals surface area (Å²) >= 11 is 0. The number of carbonyl (C=O) groups excluding carboxylic acids is 2. The molecule has 4 aromatic carbocycles. The van der Waals surface area contributed by atoms with E-state index in [4.69, 9.17) is 19.9 Å². The average Bonchev–Trinajstić information content (AvgIpc) is 2.90. The predicted octanol–water partition coefficient (Wildman–Crippen LogP) is 6.15. The average molecular weight is 486 g/mol. The first kappa shape index (κ1) is 26.2. The molecule has 0 aliphatic rings. The molecular weight excluding hydrogens is 458 g/mol. The summed E-state index contributed by atoms with van der Waals surface area (Å²) in [6, 6.07) is 25.7. The van der Waals surface area contributed by atoms with Crippen LogP contribution in [0.2, 0.25) is 0 Å². The molecular formula is C29H27NO6. The van der Waals surface area contributed by atoms with Crippen molar-refractivity contribution in [1.82, 2.24) is 0 Å². The molecule has 0 spiro atoms. The molecule has 0 heterocycles. The van der Waals surface area contributed by atoms with Gasteiger partial charge in [-0.2, -0.15) is 0 Å². The van der Waals surface area contributed by atoms with Crippen LogP contribution < -0.4 is 19.9 Å². The van der Waals surface area contributed by atoms with E-state index in [1.807, 2.05) is 6.92 Å². The van der Waals surface area contributed by atoms with Crippen molar-refractivity contribution < 1.29 is 28.9 Å². The Labute approximate surface area is 209 Å². The van der Waals surface area contributed by atoms with Gasteiger partial charge in [-0.1, -0.05) is 19.1 Å². The summed E-state index contributed by atoms with van der Waals surface area (Å²) in [6.45, 7) is 2.60. The van der Waals surface area contributed by atoms with Crippen molar-refractivity contribution in [2.45, 2.75) is 13.5 Å². The van der Waals surface area contributed by atoms with Gasteiger partial charge in [0, 0.05) is 29.3 Å². The van der Waals surface area contributed by atoms with Crippen molar-refractivity contribution in [3.63, 3.8) is 0 Å². The van der Waals surface area contributed by atoms with Crippen molar-refractivity contribution in [1.29, 1.82) is 0 Å². The standard InChI is InChI=1S/C27H20O6.C2H7N/c28-16-19-1-7-22(8-2-19)31-25-13-26(32-23-9-3-20(17-29)4-10-23)15-27(14-25)33-24-11-5-21(18-30)6-12-24;1-2-3/h1-17,30H,18H2;2-3H2,1H3. The molecule has 0 bridgehead atoms. The third-order valence-electron chi connectivity index (χ3n) is 4.70. The topological polar surface area (TPSA) is 108 Å². The van der Waals surface area contributed by atoms with Crippen LogP contribution in [0.25, 0.3) is 0 Å². The number of carbonyl (C=O) groups is 2. The maximum Gasteiger partial charge on any atom is 0.150 e. The zero-order chi connectivity index (χ0) is 25.8. The first-order valence-corrected chi connectivity index (χ1v) is 11.3. The Kier molecular flexibility index (Phi) is 9.76. The first-order valence-electron chi connectivity index (χ1n) is 11.3. The van der Waals surface area contributed by atoms with Crippen LogP contribution in [0.15, 0.2) is 91.0 Å². The summed E-state index contributed by atoms with van der Waals surface area (Å²) in [6.07, 6.45) is 1.53. The van der Waals surface area contributed by atoms with Gasteiger partial charge >= 0.3 is 0 Å². The molecule has 184 valence electrons. The highest BCUT2D eigenvalue weighted by atomic mass is 16.5. The quantitative estimate of drug-likeness (QED) is 0.274. The molecule has 0 aromatic heterocycles. The predicted molar refractivity (Wildman–Crippen MR) is 137 cm³/mol. The van der Waals surface area contributed by atoms with E-state index in [-0.39, 0.29) is 6.61 Å². The van der Waals surface area contributed by atoms with Gasteiger partial charge in [0.05, 0.1) is 6.61 Å². The minimum atomic E-state index is -0.0482. The van der Waals surface area contributed by atoms with E-state index in [0.717, 1.165) is 24.7 Å². The number of aldehydes is 2. The lowest BCUT2D eigenvalue weighted by Gasteiger charge is -2.13. The lowest BCUT2D eigenvalue weighted by atomic mass is 10.2. The summed E-state index contributed by atoms with van der Waals surface area (Å²) in [4.78, 5) is 21.8. The highest BCUT2D eigenvalue weighted by Gasteiger charge is 2.09. The largest absolute Gasteiger partial charge is 0.457 e. The van der Waals surface area contributed by atoms with E-state index in [2.05, 4.69) is 0 Å². The molecule has 3 N–H and O–H groups in total. The van der Waals surface area contributed by atoms with Crippen molar-refractivity contribution in [3.05, 3.63) is 108 Å². The Bertz CT molecular complexity index is 1180. The molecule has 0 saturated carbocycles. The van der Waals surface area contributed by atoms with Crippen LogP contribution in [0.3, 0.4) is 0 Å². The molecule has 0 amide bonds. The molecule has 4 aromatic rings. The SMILES string of the molecule is CCN.O=Cc1ccc(Oc2cc(Oc3ccc(C=O)cc3)cc(Oc3ccc(CO)cc3)c2)cc1. The molecule has 0 aliphatic carbocycles. The van der Waals surface area contributed by atoms with Gasteiger partial charge in [0.25, 0.3) is 0 Å². The highest BCUT2D eigenvalue weighted by Crippen LogP contribution is 2.35. The number of hydrogen-bond donors (Lipinski definition) is 2. The number of aliphatic hydroxyl groups is 1. The fourth-order valence-corrected chi connectivity index (χ4v) is 3.02. The summed E-state index contributed by atoms with van der Waals surface area (Å²) in [5, 5.41) is 9.22. The van der Waals surface area contributed by atoms with Crippen LogP contribution >= 0.6 is 0 Å². The summed E-state index contributed by atoms with van der Waals surface area (Å²) in [5.41, 5.74) is 6.73. The third kappa shape index (κ3) is 7.80. The van der Waals surface area contributed by atoms with Gasteiger partial charge in [-0.3, -0.25) is 9.59 Å². The van der Waals surface area contributed by atoms with Crippen LogP contribution in [0.4, 0.5) is 0 Å². The smallest absolute Gasteiger partial charge is 0.150 e. The Hall–Kier alpha value is -4.46. The summed E-state index contributed by atoms with van der Waals surface area (Å²) in [7, 11) is 0. The monoisotopic (exact) mass is 485 g/mol. The van der Waals surface area contributed by atoms with Crippen molar-refractivity contribution in [3.8, 4) is 34.5 Å². The number of aliphatic hydroxyl groups excluding tert-OH is 1. The zero-order valence-electron chi connectivity index (χ0n) is 19.8. The number of ether oxygens (including phenoxy) is 3. The molecule has 7 nitrogen and oxygen atoms in total. The summed E-state index contributed by atoms with van der Waals surface area (Å²) in [5.74, 6) is 3.10. The van der Waals surface area contributed by atoms with Gasteiger partial charge in [0.15, 0.2) is 0 Å². The molecule has 0 aliphatic heterocycles. The lowest BCUT2D eigenvalue weighted by Crippen LogP contribution is -1.92. The maximum atomic E-state index is 10.9. The Morgan fingerprint density at radius 2 is 0.917 bits per heavy atom. The van der Waals surface area contributed by atoms with Crippen LogP contribution in [-0.4, -0.2) is 24.2 Å².